The number of anilines is 2. The Kier molecular flexibility index (Phi) is 3.32. The third kappa shape index (κ3) is 2.34. The second-order valence-electron chi connectivity index (χ2n) is 5.69. The normalized spacial score (nSPS) is 17.8. The molecule has 0 saturated carbocycles. The van der Waals surface area contributed by atoms with Crippen molar-refractivity contribution >= 4 is 46.1 Å². The highest BCUT2D eigenvalue weighted by molar-refractivity contribution is 6.38. The minimum absolute atomic E-state index is 0.154. The standard InChI is InChI=1S/C18H13ClN2O3/c1-9(22)20-12-4-2-10-8-24-17(13(10)7-12)16-14-6-11(19)3-5-15(14)21-18(16)23/h2-7H,8H2,1H3,(H,20,22)(H,21,23). The number of ether oxygens (including phenoxy) is 1. The smallest absolute Gasteiger partial charge is 0.260 e. The molecule has 0 aliphatic carbocycles. The number of halogens is 1. The molecular weight excluding hydrogens is 328 g/mol. The van der Waals surface area contributed by atoms with Crippen molar-refractivity contribution < 1.29 is 14.3 Å². The van der Waals surface area contributed by atoms with Crippen molar-refractivity contribution in [2.45, 2.75) is 13.5 Å². The number of amides is 2. The van der Waals surface area contributed by atoms with E-state index in [0.29, 0.717) is 34.3 Å². The number of carbonyl (C=O) groups excluding carboxylic acids is 2. The molecule has 0 atom stereocenters. The molecule has 2 aliphatic rings. The van der Waals surface area contributed by atoms with E-state index in [1.54, 1.807) is 18.2 Å². The number of hydrogen-bond acceptors (Lipinski definition) is 3. The van der Waals surface area contributed by atoms with Gasteiger partial charge in [-0.05, 0) is 30.3 Å². The van der Waals surface area contributed by atoms with E-state index in [0.717, 1.165) is 16.7 Å². The van der Waals surface area contributed by atoms with Crippen molar-refractivity contribution in [3.05, 3.63) is 58.1 Å². The first kappa shape index (κ1) is 14.8. The molecule has 2 aromatic rings. The lowest BCUT2D eigenvalue weighted by Crippen LogP contribution is -2.07. The highest BCUT2D eigenvalue weighted by Gasteiger charge is 2.32. The van der Waals surface area contributed by atoms with Gasteiger partial charge in [0.05, 0.1) is 5.57 Å². The number of benzene rings is 2. The van der Waals surface area contributed by atoms with Gasteiger partial charge in [0.25, 0.3) is 5.91 Å². The molecule has 2 aliphatic heterocycles. The van der Waals surface area contributed by atoms with Crippen molar-refractivity contribution in [1.29, 1.82) is 0 Å². The highest BCUT2D eigenvalue weighted by atomic mass is 35.5. The van der Waals surface area contributed by atoms with Crippen molar-refractivity contribution in [1.82, 2.24) is 0 Å². The topological polar surface area (TPSA) is 67.4 Å². The van der Waals surface area contributed by atoms with Crippen LogP contribution < -0.4 is 10.6 Å². The van der Waals surface area contributed by atoms with E-state index in [-0.39, 0.29) is 11.8 Å². The predicted octanol–water partition coefficient (Wildman–Crippen LogP) is 3.65. The van der Waals surface area contributed by atoms with Crippen LogP contribution in [0.5, 0.6) is 0 Å². The molecule has 0 radical (unpaired) electrons. The van der Waals surface area contributed by atoms with Crippen LogP contribution >= 0.6 is 11.6 Å². The van der Waals surface area contributed by atoms with Crippen molar-refractivity contribution in [2.75, 3.05) is 10.6 Å². The van der Waals surface area contributed by atoms with Gasteiger partial charge in [0, 0.05) is 40.0 Å². The molecule has 0 fully saturated rings. The fourth-order valence-electron chi connectivity index (χ4n) is 2.99. The average Bonchev–Trinajstić information content (AvgIpc) is 3.06. The summed E-state index contributed by atoms with van der Waals surface area (Å²) in [5.41, 5.74) is 4.33. The largest absolute Gasteiger partial charge is 0.487 e. The van der Waals surface area contributed by atoms with Crippen molar-refractivity contribution in [3.8, 4) is 0 Å². The van der Waals surface area contributed by atoms with Crippen LogP contribution in [0, 0.1) is 0 Å². The first-order valence-corrected chi connectivity index (χ1v) is 7.80. The predicted molar refractivity (Wildman–Crippen MR) is 92.4 cm³/mol. The van der Waals surface area contributed by atoms with E-state index in [4.69, 9.17) is 16.3 Å². The Bertz CT molecular complexity index is 934. The Morgan fingerprint density at radius 3 is 2.83 bits per heavy atom. The second-order valence-corrected chi connectivity index (χ2v) is 6.13. The monoisotopic (exact) mass is 340 g/mol. The molecule has 4 rings (SSSR count). The van der Waals surface area contributed by atoms with Gasteiger partial charge in [0.15, 0.2) is 0 Å². The maximum absolute atomic E-state index is 12.4. The number of nitrogens with one attached hydrogen (secondary N) is 2. The Morgan fingerprint density at radius 2 is 2.04 bits per heavy atom. The summed E-state index contributed by atoms with van der Waals surface area (Å²) in [6.45, 7) is 1.84. The van der Waals surface area contributed by atoms with E-state index in [1.165, 1.54) is 6.92 Å². The van der Waals surface area contributed by atoms with Crippen LogP contribution in [0.3, 0.4) is 0 Å². The summed E-state index contributed by atoms with van der Waals surface area (Å²) in [5, 5.41) is 6.12. The maximum atomic E-state index is 12.4. The molecule has 120 valence electrons. The highest BCUT2D eigenvalue weighted by Crippen LogP contribution is 2.42. The van der Waals surface area contributed by atoms with Crippen LogP contribution in [0.1, 0.15) is 23.6 Å². The van der Waals surface area contributed by atoms with E-state index in [1.807, 2.05) is 18.2 Å². The van der Waals surface area contributed by atoms with Crippen LogP contribution in [0.4, 0.5) is 11.4 Å². The van der Waals surface area contributed by atoms with Crippen LogP contribution in [-0.4, -0.2) is 11.8 Å². The molecule has 24 heavy (non-hydrogen) atoms. The molecule has 2 amide bonds. The van der Waals surface area contributed by atoms with Crippen LogP contribution in [0.15, 0.2) is 36.4 Å². The molecule has 5 nitrogen and oxygen atoms in total. The molecule has 0 unspecified atom stereocenters. The van der Waals surface area contributed by atoms with Gasteiger partial charge in [-0.15, -0.1) is 0 Å². The summed E-state index contributed by atoms with van der Waals surface area (Å²) in [4.78, 5) is 23.7. The third-order valence-electron chi connectivity index (χ3n) is 4.00. The average molecular weight is 341 g/mol. The summed E-state index contributed by atoms with van der Waals surface area (Å²) >= 11 is 6.08. The van der Waals surface area contributed by atoms with Gasteiger partial charge < -0.3 is 15.4 Å². The zero-order valence-corrected chi connectivity index (χ0v) is 13.5. The van der Waals surface area contributed by atoms with Crippen LogP contribution in [0.2, 0.25) is 5.02 Å². The molecule has 2 aromatic carbocycles. The first-order chi connectivity index (χ1) is 11.5. The van der Waals surface area contributed by atoms with Gasteiger partial charge in [-0.3, -0.25) is 9.59 Å². The van der Waals surface area contributed by atoms with Crippen molar-refractivity contribution in [2.24, 2.45) is 0 Å². The maximum Gasteiger partial charge on any atom is 0.260 e. The van der Waals surface area contributed by atoms with Crippen LogP contribution in [0.25, 0.3) is 11.3 Å². The van der Waals surface area contributed by atoms with E-state index < -0.39 is 0 Å². The number of hydrogen-bond donors (Lipinski definition) is 2. The molecule has 0 aromatic heterocycles. The fraction of sp³-hybridized carbons (Fsp3) is 0.111. The summed E-state index contributed by atoms with van der Waals surface area (Å²) in [7, 11) is 0. The Hall–Kier alpha value is -2.79. The molecule has 6 heteroatoms. The first-order valence-electron chi connectivity index (χ1n) is 7.42. The van der Waals surface area contributed by atoms with E-state index in [2.05, 4.69) is 10.6 Å². The lowest BCUT2D eigenvalue weighted by Gasteiger charge is -2.07. The Balaban J connectivity index is 1.88. The zero-order valence-electron chi connectivity index (χ0n) is 12.8. The fourth-order valence-corrected chi connectivity index (χ4v) is 3.17. The quantitative estimate of drug-likeness (QED) is 0.779. The minimum Gasteiger partial charge on any atom is -0.487 e. The van der Waals surface area contributed by atoms with E-state index >= 15 is 0 Å². The van der Waals surface area contributed by atoms with Crippen molar-refractivity contribution in [3.63, 3.8) is 0 Å². The molecule has 0 saturated heterocycles. The molecule has 0 bridgehead atoms. The molecular formula is C18H13ClN2O3. The van der Waals surface area contributed by atoms with Gasteiger partial charge in [-0.2, -0.15) is 0 Å². The lowest BCUT2D eigenvalue weighted by molar-refractivity contribution is -0.114. The van der Waals surface area contributed by atoms with E-state index in [9.17, 15) is 9.59 Å². The number of carbonyl (C=O) groups is 2. The summed E-state index contributed by atoms with van der Waals surface area (Å²) in [6.07, 6.45) is 0. The lowest BCUT2D eigenvalue weighted by atomic mass is 10.00. The Morgan fingerprint density at radius 1 is 1.21 bits per heavy atom. The molecule has 2 heterocycles. The van der Waals surface area contributed by atoms with Gasteiger partial charge in [-0.25, -0.2) is 0 Å². The molecule has 0 spiro atoms. The minimum atomic E-state index is -0.222. The SMILES string of the molecule is CC(=O)Nc1ccc2c(c1)C(=C1C(=O)Nc3ccc(Cl)cc31)OC2. The second kappa shape index (κ2) is 5.39. The summed E-state index contributed by atoms with van der Waals surface area (Å²) < 4.78 is 5.80. The Labute approximate surface area is 143 Å². The van der Waals surface area contributed by atoms with Crippen LogP contribution in [-0.2, 0) is 20.9 Å². The third-order valence-corrected chi connectivity index (χ3v) is 4.24. The van der Waals surface area contributed by atoms with Gasteiger partial charge in [-0.1, -0.05) is 17.7 Å². The summed E-state index contributed by atoms with van der Waals surface area (Å²) in [5.74, 6) is 0.134. The number of rotatable bonds is 1. The summed E-state index contributed by atoms with van der Waals surface area (Å²) in [6, 6.07) is 10.8. The van der Waals surface area contributed by atoms with Gasteiger partial charge in [0.2, 0.25) is 5.91 Å². The molecule has 2 N–H and O–H groups in total. The van der Waals surface area contributed by atoms with Gasteiger partial charge in [0.1, 0.15) is 12.4 Å². The zero-order chi connectivity index (χ0) is 16.8. The number of fused-ring (bicyclic) bond motifs is 2. The van der Waals surface area contributed by atoms with Gasteiger partial charge >= 0.3 is 0 Å².